The molecule has 0 saturated heterocycles. The fraction of sp³-hybridized carbons (Fsp3) is 0.150. The van der Waals surface area contributed by atoms with Gasteiger partial charge >= 0.3 is 0 Å². The van der Waals surface area contributed by atoms with Gasteiger partial charge in [-0.1, -0.05) is 24.3 Å². The Hall–Kier alpha value is -3.48. The zero-order chi connectivity index (χ0) is 19.1. The van der Waals surface area contributed by atoms with Crippen LogP contribution in [0.1, 0.15) is 12.5 Å². The van der Waals surface area contributed by atoms with Gasteiger partial charge in [-0.2, -0.15) is 4.98 Å². The predicted octanol–water partition coefficient (Wildman–Crippen LogP) is 3.97. The van der Waals surface area contributed by atoms with Crippen LogP contribution in [0, 0.1) is 5.82 Å². The number of hydrogen-bond donors (Lipinski definition) is 3. The zero-order valence-electron chi connectivity index (χ0n) is 14.9. The molecule has 138 valence electrons. The molecule has 0 aliphatic carbocycles. The Morgan fingerprint density at radius 3 is 2.70 bits per heavy atom. The smallest absolute Gasteiger partial charge is 0.229 e. The van der Waals surface area contributed by atoms with Crippen molar-refractivity contribution in [2.75, 3.05) is 22.5 Å². The molecule has 3 N–H and O–H groups in total. The highest BCUT2D eigenvalue weighted by Crippen LogP contribution is 2.18. The van der Waals surface area contributed by atoms with Crippen molar-refractivity contribution in [2.24, 2.45) is 0 Å². The second-order valence-electron chi connectivity index (χ2n) is 5.92. The van der Waals surface area contributed by atoms with Crippen LogP contribution in [0.4, 0.5) is 27.5 Å². The largest absolute Gasteiger partial charge is 0.370 e. The number of amides is 1. The zero-order valence-corrected chi connectivity index (χ0v) is 14.9. The van der Waals surface area contributed by atoms with Gasteiger partial charge in [-0.25, -0.2) is 9.37 Å². The Morgan fingerprint density at radius 1 is 1.07 bits per heavy atom. The van der Waals surface area contributed by atoms with Crippen molar-refractivity contribution in [1.29, 1.82) is 0 Å². The summed E-state index contributed by atoms with van der Waals surface area (Å²) in [6, 6.07) is 15.7. The van der Waals surface area contributed by atoms with Gasteiger partial charge in [0.05, 0.1) is 0 Å². The predicted molar refractivity (Wildman–Crippen MR) is 105 cm³/mol. The number of benzene rings is 2. The normalized spacial score (nSPS) is 10.3. The van der Waals surface area contributed by atoms with Crippen molar-refractivity contribution in [3.8, 4) is 0 Å². The fourth-order valence-corrected chi connectivity index (χ4v) is 2.55. The number of nitrogens with one attached hydrogen (secondary N) is 3. The minimum atomic E-state index is -0.205. The van der Waals surface area contributed by atoms with Crippen LogP contribution >= 0.6 is 0 Å². The number of hydrogen-bond acceptors (Lipinski definition) is 5. The summed E-state index contributed by atoms with van der Waals surface area (Å²) in [5.41, 5.74) is 2.10. The molecule has 0 aliphatic heterocycles. The van der Waals surface area contributed by atoms with Gasteiger partial charge in [0, 0.05) is 31.0 Å². The molecule has 1 aromatic heterocycles. The minimum Gasteiger partial charge on any atom is -0.370 e. The van der Waals surface area contributed by atoms with Crippen LogP contribution in [0.3, 0.4) is 0 Å². The number of carbonyl (C=O) groups excluding carboxylic acids is 1. The molecule has 0 atom stereocenters. The van der Waals surface area contributed by atoms with Crippen molar-refractivity contribution >= 4 is 29.0 Å². The third-order valence-corrected chi connectivity index (χ3v) is 3.75. The first-order valence-corrected chi connectivity index (χ1v) is 8.55. The topological polar surface area (TPSA) is 78.9 Å². The van der Waals surface area contributed by atoms with E-state index in [9.17, 15) is 9.18 Å². The Kier molecular flexibility index (Phi) is 5.94. The molecule has 2 aromatic carbocycles. The van der Waals surface area contributed by atoms with E-state index in [1.807, 2.05) is 18.2 Å². The van der Waals surface area contributed by atoms with Crippen LogP contribution in [0.25, 0.3) is 0 Å². The molecule has 0 unspecified atom stereocenters. The maximum atomic E-state index is 13.6. The van der Waals surface area contributed by atoms with Crippen molar-refractivity contribution in [3.63, 3.8) is 0 Å². The number of halogens is 1. The molecule has 7 heteroatoms. The molecular formula is C20H20FN5O. The van der Waals surface area contributed by atoms with E-state index in [4.69, 9.17) is 0 Å². The van der Waals surface area contributed by atoms with Crippen molar-refractivity contribution < 1.29 is 9.18 Å². The van der Waals surface area contributed by atoms with Crippen LogP contribution in [-0.4, -0.2) is 22.4 Å². The van der Waals surface area contributed by atoms with E-state index in [2.05, 4.69) is 25.9 Å². The van der Waals surface area contributed by atoms with Crippen molar-refractivity contribution in [1.82, 2.24) is 9.97 Å². The standard InChI is InChI=1S/C20H20FN5O/c1-14(27)24-16-6-4-7-17(13-16)25-20-23-12-10-19(26-20)22-11-9-15-5-2-3-8-18(15)21/h2-8,10,12-13H,9,11H2,1H3,(H,24,27)(H2,22,23,25,26). The Labute approximate surface area is 156 Å². The molecule has 3 rings (SSSR count). The van der Waals surface area contributed by atoms with Crippen molar-refractivity contribution in [2.45, 2.75) is 13.3 Å². The summed E-state index contributed by atoms with van der Waals surface area (Å²) in [5, 5.41) is 9.00. The van der Waals surface area contributed by atoms with Gasteiger partial charge in [-0.15, -0.1) is 0 Å². The Morgan fingerprint density at radius 2 is 1.89 bits per heavy atom. The first-order chi connectivity index (χ1) is 13.1. The van der Waals surface area contributed by atoms with E-state index < -0.39 is 0 Å². The third-order valence-electron chi connectivity index (χ3n) is 3.75. The van der Waals surface area contributed by atoms with Gasteiger partial charge in [0.1, 0.15) is 11.6 Å². The van der Waals surface area contributed by atoms with E-state index in [1.165, 1.54) is 13.0 Å². The summed E-state index contributed by atoms with van der Waals surface area (Å²) in [6.45, 7) is 2.01. The van der Waals surface area contributed by atoms with E-state index in [0.29, 0.717) is 36.0 Å². The lowest BCUT2D eigenvalue weighted by molar-refractivity contribution is -0.114. The molecule has 27 heavy (non-hydrogen) atoms. The molecule has 1 heterocycles. The number of aromatic nitrogens is 2. The molecule has 3 aromatic rings. The van der Waals surface area contributed by atoms with Crippen LogP contribution in [-0.2, 0) is 11.2 Å². The van der Waals surface area contributed by atoms with Gasteiger partial charge in [-0.05, 0) is 42.3 Å². The summed E-state index contributed by atoms with van der Waals surface area (Å²) in [5.74, 6) is 0.723. The van der Waals surface area contributed by atoms with Crippen LogP contribution in [0.5, 0.6) is 0 Å². The highest BCUT2D eigenvalue weighted by Gasteiger charge is 2.04. The maximum absolute atomic E-state index is 13.6. The summed E-state index contributed by atoms with van der Waals surface area (Å²) in [7, 11) is 0. The maximum Gasteiger partial charge on any atom is 0.229 e. The average molecular weight is 365 g/mol. The van der Waals surface area contributed by atoms with Crippen LogP contribution < -0.4 is 16.0 Å². The lowest BCUT2D eigenvalue weighted by Gasteiger charge is -2.10. The summed E-state index contributed by atoms with van der Waals surface area (Å²) < 4.78 is 13.6. The molecule has 1 amide bonds. The lowest BCUT2D eigenvalue weighted by Crippen LogP contribution is -2.09. The molecular weight excluding hydrogens is 345 g/mol. The molecule has 0 fully saturated rings. The van der Waals surface area contributed by atoms with Gasteiger partial charge < -0.3 is 16.0 Å². The molecule has 0 aliphatic rings. The Balaban J connectivity index is 1.60. The second kappa shape index (κ2) is 8.75. The minimum absolute atomic E-state index is 0.135. The SMILES string of the molecule is CC(=O)Nc1cccc(Nc2nccc(NCCc3ccccc3F)n2)c1. The highest BCUT2D eigenvalue weighted by atomic mass is 19.1. The molecule has 6 nitrogen and oxygen atoms in total. The quantitative estimate of drug-likeness (QED) is 0.590. The van der Waals surface area contributed by atoms with Gasteiger partial charge in [-0.3, -0.25) is 4.79 Å². The van der Waals surface area contributed by atoms with E-state index in [-0.39, 0.29) is 11.7 Å². The summed E-state index contributed by atoms with van der Waals surface area (Å²) in [6.07, 6.45) is 2.19. The van der Waals surface area contributed by atoms with E-state index in [1.54, 1.807) is 36.5 Å². The number of anilines is 4. The van der Waals surface area contributed by atoms with Crippen LogP contribution in [0.2, 0.25) is 0 Å². The molecule has 0 saturated carbocycles. The molecule has 0 radical (unpaired) electrons. The van der Waals surface area contributed by atoms with Crippen LogP contribution in [0.15, 0.2) is 60.8 Å². The molecule has 0 bridgehead atoms. The number of nitrogens with zero attached hydrogens (tertiary/aromatic N) is 2. The average Bonchev–Trinajstić information content (AvgIpc) is 2.63. The lowest BCUT2D eigenvalue weighted by atomic mass is 10.1. The third kappa shape index (κ3) is 5.50. The summed E-state index contributed by atoms with van der Waals surface area (Å²) in [4.78, 5) is 19.8. The van der Waals surface area contributed by atoms with E-state index >= 15 is 0 Å². The van der Waals surface area contributed by atoms with Gasteiger partial charge in [0.15, 0.2) is 0 Å². The number of rotatable bonds is 7. The van der Waals surface area contributed by atoms with Gasteiger partial charge in [0.25, 0.3) is 0 Å². The fourth-order valence-electron chi connectivity index (χ4n) is 2.55. The van der Waals surface area contributed by atoms with E-state index in [0.717, 1.165) is 5.69 Å². The van der Waals surface area contributed by atoms with Crippen molar-refractivity contribution in [3.05, 3.63) is 72.2 Å². The monoisotopic (exact) mass is 365 g/mol. The number of carbonyl (C=O) groups is 1. The summed E-state index contributed by atoms with van der Waals surface area (Å²) >= 11 is 0. The first-order valence-electron chi connectivity index (χ1n) is 8.55. The highest BCUT2D eigenvalue weighted by molar-refractivity contribution is 5.89. The Bertz CT molecular complexity index is 932. The second-order valence-corrected chi connectivity index (χ2v) is 5.92. The first kappa shape index (κ1) is 18.3. The molecule has 0 spiro atoms. The van der Waals surface area contributed by atoms with Gasteiger partial charge in [0.2, 0.25) is 11.9 Å².